The van der Waals surface area contributed by atoms with E-state index in [4.69, 9.17) is 9.47 Å². The van der Waals surface area contributed by atoms with Crippen LogP contribution in [0.15, 0.2) is 0 Å². The van der Waals surface area contributed by atoms with Crippen molar-refractivity contribution in [2.24, 2.45) is 0 Å². The first kappa shape index (κ1) is 25.9. The van der Waals surface area contributed by atoms with Crippen LogP contribution in [-0.2, 0) is 9.47 Å². The fraction of sp³-hybridized carbons (Fsp3) is 1.00. The summed E-state index contributed by atoms with van der Waals surface area (Å²) in [6.07, 6.45) is 24.3. The van der Waals surface area contributed by atoms with Crippen molar-refractivity contribution in [3.05, 3.63) is 0 Å². The second-order valence-corrected chi connectivity index (χ2v) is 7.88. The summed E-state index contributed by atoms with van der Waals surface area (Å²) in [6.45, 7) is 8.29. The van der Waals surface area contributed by atoms with Crippen molar-refractivity contribution in [1.82, 2.24) is 0 Å². The van der Waals surface area contributed by atoms with E-state index < -0.39 is 0 Å². The van der Waals surface area contributed by atoms with Crippen LogP contribution in [0.1, 0.15) is 129 Å². The summed E-state index contributed by atoms with van der Waals surface area (Å²) in [6, 6.07) is 0. The molecule has 158 valence electrons. The molecular formula is C24H50O2. The predicted octanol–water partition coefficient (Wildman–Crippen LogP) is 8.08. The highest BCUT2D eigenvalue weighted by Gasteiger charge is 1.95. The van der Waals surface area contributed by atoms with Crippen molar-refractivity contribution in [1.29, 1.82) is 0 Å². The van der Waals surface area contributed by atoms with Gasteiger partial charge in [-0.1, -0.05) is 104 Å². The van der Waals surface area contributed by atoms with Crippen molar-refractivity contribution in [3.63, 3.8) is 0 Å². The van der Waals surface area contributed by atoms with E-state index in [2.05, 4.69) is 13.8 Å². The van der Waals surface area contributed by atoms with Crippen LogP contribution in [0.25, 0.3) is 0 Å². The Kier molecular flexibility index (Phi) is 24.8. The number of hydrogen-bond acceptors (Lipinski definition) is 2. The fourth-order valence-corrected chi connectivity index (χ4v) is 3.29. The second-order valence-electron chi connectivity index (χ2n) is 7.88. The molecule has 0 saturated carbocycles. The lowest BCUT2D eigenvalue weighted by Crippen LogP contribution is -2.01. The molecule has 0 aliphatic rings. The molecule has 0 rings (SSSR count). The fourth-order valence-electron chi connectivity index (χ4n) is 3.29. The van der Waals surface area contributed by atoms with Gasteiger partial charge in [-0.2, -0.15) is 0 Å². The third kappa shape index (κ3) is 23.9. The lowest BCUT2D eigenvalue weighted by atomic mass is 10.1. The van der Waals surface area contributed by atoms with Gasteiger partial charge in [-0.15, -0.1) is 0 Å². The molecule has 0 amide bonds. The highest BCUT2D eigenvalue weighted by atomic mass is 16.5. The lowest BCUT2D eigenvalue weighted by molar-refractivity contribution is 0.0991. The molecule has 0 N–H and O–H groups in total. The van der Waals surface area contributed by atoms with Gasteiger partial charge < -0.3 is 9.47 Å². The number of rotatable bonds is 23. The van der Waals surface area contributed by atoms with E-state index in [0.29, 0.717) is 0 Å². The minimum atomic E-state index is 0.914. The van der Waals surface area contributed by atoms with Gasteiger partial charge in [0.15, 0.2) is 0 Å². The Morgan fingerprint density at radius 2 is 0.538 bits per heavy atom. The number of hydrogen-bond donors (Lipinski definition) is 0. The molecule has 0 heterocycles. The van der Waals surface area contributed by atoms with Crippen LogP contribution in [0, 0.1) is 0 Å². The normalized spacial score (nSPS) is 11.3. The lowest BCUT2D eigenvalue weighted by Gasteiger charge is -2.06. The summed E-state index contributed by atoms with van der Waals surface area (Å²) < 4.78 is 11.4. The van der Waals surface area contributed by atoms with E-state index in [9.17, 15) is 0 Å². The van der Waals surface area contributed by atoms with Gasteiger partial charge in [0.2, 0.25) is 0 Å². The molecular weight excluding hydrogens is 320 g/mol. The summed E-state index contributed by atoms with van der Waals surface area (Å²) in [5.41, 5.74) is 0. The molecule has 0 aromatic heterocycles. The Hall–Kier alpha value is -0.0800. The monoisotopic (exact) mass is 370 g/mol. The standard InChI is InChI=1S/C24H50O2/c1-3-5-7-9-11-13-15-17-21-25-23-19-20-24-26-22-18-16-14-12-10-8-6-4-2/h3-24H2,1-2H3. The Balaban J connectivity index is 2.95. The molecule has 0 aromatic rings. The van der Waals surface area contributed by atoms with Crippen LogP contribution in [0.3, 0.4) is 0 Å². The molecule has 26 heavy (non-hydrogen) atoms. The van der Waals surface area contributed by atoms with Crippen LogP contribution < -0.4 is 0 Å². The molecule has 0 aliphatic heterocycles. The van der Waals surface area contributed by atoms with E-state index in [1.807, 2.05) is 0 Å². The summed E-state index contributed by atoms with van der Waals surface area (Å²) in [5, 5.41) is 0. The van der Waals surface area contributed by atoms with E-state index in [0.717, 1.165) is 39.3 Å². The van der Waals surface area contributed by atoms with Crippen LogP contribution in [-0.4, -0.2) is 26.4 Å². The minimum absolute atomic E-state index is 0.914. The van der Waals surface area contributed by atoms with Gasteiger partial charge in [0.1, 0.15) is 0 Å². The first-order chi connectivity index (χ1) is 12.9. The van der Waals surface area contributed by atoms with E-state index in [1.165, 1.54) is 103 Å². The Bertz CT molecular complexity index is 206. The van der Waals surface area contributed by atoms with Crippen molar-refractivity contribution in [2.45, 2.75) is 129 Å². The highest BCUT2D eigenvalue weighted by molar-refractivity contribution is 4.47. The number of ether oxygens (including phenoxy) is 2. The smallest absolute Gasteiger partial charge is 0.0466 e. The van der Waals surface area contributed by atoms with Gasteiger partial charge in [-0.05, 0) is 25.7 Å². The molecule has 0 aromatic carbocycles. The van der Waals surface area contributed by atoms with Crippen LogP contribution >= 0.6 is 0 Å². The Morgan fingerprint density at radius 1 is 0.308 bits per heavy atom. The number of unbranched alkanes of at least 4 members (excludes halogenated alkanes) is 15. The quantitative estimate of drug-likeness (QED) is 0.169. The molecule has 0 atom stereocenters. The molecule has 2 nitrogen and oxygen atoms in total. The zero-order chi connectivity index (χ0) is 19.0. The topological polar surface area (TPSA) is 18.5 Å². The van der Waals surface area contributed by atoms with E-state index in [1.54, 1.807) is 0 Å². The van der Waals surface area contributed by atoms with Crippen LogP contribution in [0.2, 0.25) is 0 Å². The summed E-state index contributed by atoms with van der Waals surface area (Å²) >= 11 is 0. The molecule has 0 aliphatic carbocycles. The van der Waals surface area contributed by atoms with Gasteiger partial charge in [0.25, 0.3) is 0 Å². The average molecular weight is 371 g/mol. The first-order valence-corrected chi connectivity index (χ1v) is 12.1. The van der Waals surface area contributed by atoms with Crippen molar-refractivity contribution < 1.29 is 9.47 Å². The Labute approximate surface area is 165 Å². The first-order valence-electron chi connectivity index (χ1n) is 12.1. The highest BCUT2D eigenvalue weighted by Crippen LogP contribution is 2.09. The van der Waals surface area contributed by atoms with Gasteiger partial charge in [0, 0.05) is 26.4 Å². The Morgan fingerprint density at radius 3 is 0.846 bits per heavy atom. The molecule has 0 spiro atoms. The minimum Gasteiger partial charge on any atom is -0.381 e. The molecule has 0 saturated heterocycles. The van der Waals surface area contributed by atoms with Gasteiger partial charge in [-0.3, -0.25) is 0 Å². The molecule has 0 radical (unpaired) electrons. The van der Waals surface area contributed by atoms with Crippen LogP contribution in [0.4, 0.5) is 0 Å². The zero-order valence-electron chi connectivity index (χ0n) is 18.4. The molecule has 0 unspecified atom stereocenters. The summed E-state index contributed by atoms with van der Waals surface area (Å²) in [5.74, 6) is 0. The largest absolute Gasteiger partial charge is 0.381 e. The van der Waals surface area contributed by atoms with Gasteiger partial charge >= 0.3 is 0 Å². The van der Waals surface area contributed by atoms with E-state index in [-0.39, 0.29) is 0 Å². The molecule has 0 fully saturated rings. The third-order valence-corrected chi connectivity index (χ3v) is 5.11. The SMILES string of the molecule is CCCCCCCCCCOCCCCOCCCCCCCCCC. The van der Waals surface area contributed by atoms with Crippen LogP contribution in [0.5, 0.6) is 0 Å². The second kappa shape index (κ2) is 24.9. The summed E-state index contributed by atoms with van der Waals surface area (Å²) in [4.78, 5) is 0. The maximum absolute atomic E-state index is 5.72. The summed E-state index contributed by atoms with van der Waals surface area (Å²) in [7, 11) is 0. The third-order valence-electron chi connectivity index (χ3n) is 5.11. The maximum atomic E-state index is 5.72. The maximum Gasteiger partial charge on any atom is 0.0466 e. The van der Waals surface area contributed by atoms with Crippen molar-refractivity contribution in [2.75, 3.05) is 26.4 Å². The predicted molar refractivity (Wildman–Crippen MR) is 116 cm³/mol. The molecule has 0 bridgehead atoms. The zero-order valence-corrected chi connectivity index (χ0v) is 18.4. The van der Waals surface area contributed by atoms with E-state index >= 15 is 0 Å². The van der Waals surface area contributed by atoms with Gasteiger partial charge in [-0.25, -0.2) is 0 Å². The average Bonchev–Trinajstić information content (AvgIpc) is 2.66. The molecule has 2 heteroatoms. The van der Waals surface area contributed by atoms with Gasteiger partial charge in [0.05, 0.1) is 0 Å². The van der Waals surface area contributed by atoms with Crippen molar-refractivity contribution >= 4 is 0 Å². The van der Waals surface area contributed by atoms with Crippen molar-refractivity contribution in [3.8, 4) is 0 Å².